The average molecular weight is 395 g/mol. The van der Waals surface area contributed by atoms with Gasteiger partial charge in [-0.05, 0) is 24.4 Å². The third-order valence-corrected chi connectivity index (χ3v) is 4.68. The molecular formula is C21H15ClN2O4. The SMILES string of the molecule is Cc1c(C(=O)OCC(=O)Nc2cccnc2Cl)oc2c1ccc1ccccc12. The van der Waals surface area contributed by atoms with Crippen LogP contribution in [0.2, 0.25) is 5.15 Å². The molecule has 2 heterocycles. The van der Waals surface area contributed by atoms with Gasteiger partial charge >= 0.3 is 5.97 Å². The lowest BCUT2D eigenvalue weighted by atomic mass is 10.1. The van der Waals surface area contributed by atoms with Crippen molar-refractivity contribution in [3.63, 3.8) is 0 Å². The number of rotatable bonds is 4. The first-order valence-electron chi connectivity index (χ1n) is 8.53. The predicted octanol–water partition coefficient (Wildman–Crippen LogP) is 4.74. The second kappa shape index (κ2) is 7.32. The van der Waals surface area contributed by atoms with Crippen LogP contribution in [-0.4, -0.2) is 23.5 Å². The van der Waals surface area contributed by atoms with E-state index >= 15 is 0 Å². The number of fused-ring (bicyclic) bond motifs is 3. The minimum atomic E-state index is -0.704. The zero-order valence-corrected chi connectivity index (χ0v) is 15.6. The van der Waals surface area contributed by atoms with E-state index in [1.54, 1.807) is 19.1 Å². The Morgan fingerprint density at radius 3 is 2.75 bits per heavy atom. The molecule has 0 fully saturated rings. The molecular weight excluding hydrogens is 380 g/mol. The van der Waals surface area contributed by atoms with Gasteiger partial charge in [0.15, 0.2) is 11.8 Å². The molecule has 7 heteroatoms. The van der Waals surface area contributed by atoms with E-state index in [4.69, 9.17) is 20.8 Å². The number of aryl methyl sites for hydroxylation is 1. The molecule has 0 aliphatic carbocycles. The van der Waals surface area contributed by atoms with Crippen LogP contribution in [-0.2, 0) is 9.53 Å². The summed E-state index contributed by atoms with van der Waals surface area (Å²) in [6.45, 7) is 1.31. The van der Waals surface area contributed by atoms with Gasteiger partial charge in [-0.25, -0.2) is 9.78 Å². The van der Waals surface area contributed by atoms with Gasteiger partial charge in [0, 0.05) is 22.5 Å². The fourth-order valence-electron chi connectivity index (χ4n) is 3.01. The van der Waals surface area contributed by atoms with Crippen molar-refractivity contribution in [1.82, 2.24) is 4.98 Å². The number of nitrogens with one attached hydrogen (secondary N) is 1. The smallest absolute Gasteiger partial charge is 0.375 e. The number of ether oxygens (including phenoxy) is 1. The molecule has 0 radical (unpaired) electrons. The minimum absolute atomic E-state index is 0.0820. The summed E-state index contributed by atoms with van der Waals surface area (Å²) >= 11 is 5.89. The molecule has 0 saturated carbocycles. The molecule has 0 aliphatic rings. The number of anilines is 1. The number of nitrogens with zero attached hydrogens (tertiary/aromatic N) is 1. The molecule has 0 spiro atoms. The summed E-state index contributed by atoms with van der Waals surface area (Å²) in [6.07, 6.45) is 1.51. The summed E-state index contributed by atoms with van der Waals surface area (Å²) in [5, 5.41) is 5.45. The number of esters is 1. The number of halogens is 1. The van der Waals surface area contributed by atoms with Crippen molar-refractivity contribution < 1.29 is 18.7 Å². The first-order chi connectivity index (χ1) is 13.5. The highest BCUT2D eigenvalue weighted by atomic mass is 35.5. The van der Waals surface area contributed by atoms with Crippen LogP contribution in [0, 0.1) is 6.92 Å². The summed E-state index contributed by atoms with van der Waals surface area (Å²) in [5.74, 6) is -1.15. The quantitative estimate of drug-likeness (QED) is 0.399. The number of benzene rings is 2. The highest BCUT2D eigenvalue weighted by molar-refractivity contribution is 6.32. The molecule has 2 aromatic heterocycles. The normalized spacial score (nSPS) is 10.9. The summed E-state index contributed by atoms with van der Waals surface area (Å²) in [7, 11) is 0. The van der Waals surface area contributed by atoms with Crippen LogP contribution in [0.4, 0.5) is 5.69 Å². The lowest BCUT2D eigenvalue weighted by Crippen LogP contribution is -2.21. The second-order valence-corrected chi connectivity index (χ2v) is 6.54. The van der Waals surface area contributed by atoms with Crippen molar-refractivity contribution in [1.29, 1.82) is 0 Å². The molecule has 1 amide bonds. The average Bonchev–Trinajstić information content (AvgIpc) is 3.05. The van der Waals surface area contributed by atoms with Crippen molar-refractivity contribution >= 4 is 50.9 Å². The van der Waals surface area contributed by atoms with Crippen molar-refractivity contribution in [3.8, 4) is 0 Å². The maximum atomic E-state index is 12.5. The van der Waals surface area contributed by atoms with Crippen LogP contribution in [0.1, 0.15) is 16.1 Å². The molecule has 0 bridgehead atoms. The molecule has 6 nitrogen and oxygen atoms in total. The van der Waals surface area contributed by atoms with E-state index in [1.807, 2.05) is 36.4 Å². The maximum absolute atomic E-state index is 12.5. The third-order valence-electron chi connectivity index (χ3n) is 4.38. The number of aromatic nitrogens is 1. The molecule has 0 atom stereocenters. The highest BCUT2D eigenvalue weighted by Gasteiger charge is 2.21. The van der Waals surface area contributed by atoms with E-state index in [2.05, 4.69) is 10.3 Å². The van der Waals surface area contributed by atoms with E-state index in [0.717, 1.165) is 16.2 Å². The number of hydrogen-bond donors (Lipinski definition) is 1. The Morgan fingerprint density at radius 1 is 1.11 bits per heavy atom. The van der Waals surface area contributed by atoms with Crippen LogP contribution < -0.4 is 5.32 Å². The van der Waals surface area contributed by atoms with Crippen LogP contribution in [0.3, 0.4) is 0 Å². The molecule has 2 aromatic carbocycles. The number of furan rings is 1. The number of carbonyl (C=O) groups excluding carboxylic acids is 2. The summed E-state index contributed by atoms with van der Waals surface area (Å²) in [6, 6.07) is 14.9. The number of amides is 1. The fraction of sp³-hybridized carbons (Fsp3) is 0.0952. The van der Waals surface area contributed by atoms with Crippen molar-refractivity contribution in [2.75, 3.05) is 11.9 Å². The minimum Gasteiger partial charge on any atom is -0.450 e. The van der Waals surface area contributed by atoms with Gasteiger partial charge in [0.25, 0.3) is 5.91 Å². The van der Waals surface area contributed by atoms with Gasteiger partial charge in [0.1, 0.15) is 5.58 Å². The van der Waals surface area contributed by atoms with Gasteiger partial charge in [0.2, 0.25) is 5.76 Å². The summed E-state index contributed by atoms with van der Waals surface area (Å²) in [5.41, 5.74) is 1.63. The summed E-state index contributed by atoms with van der Waals surface area (Å²) < 4.78 is 10.9. The van der Waals surface area contributed by atoms with Crippen LogP contribution in [0.25, 0.3) is 21.7 Å². The Hall–Kier alpha value is -3.38. The molecule has 0 saturated heterocycles. The van der Waals surface area contributed by atoms with E-state index in [0.29, 0.717) is 16.8 Å². The maximum Gasteiger partial charge on any atom is 0.375 e. The Balaban J connectivity index is 1.53. The largest absolute Gasteiger partial charge is 0.450 e. The van der Waals surface area contributed by atoms with Gasteiger partial charge in [-0.3, -0.25) is 4.79 Å². The van der Waals surface area contributed by atoms with Gasteiger partial charge < -0.3 is 14.5 Å². The monoisotopic (exact) mass is 394 g/mol. The number of carbonyl (C=O) groups is 2. The molecule has 0 aliphatic heterocycles. The first-order valence-corrected chi connectivity index (χ1v) is 8.90. The van der Waals surface area contributed by atoms with Crippen LogP contribution in [0.5, 0.6) is 0 Å². The Kier molecular flexibility index (Phi) is 4.71. The summed E-state index contributed by atoms with van der Waals surface area (Å²) in [4.78, 5) is 28.4. The van der Waals surface area contributed by atoms with Gasteiger partial charge in [-0.2, -0.15) is 0 Å². The van der Waals surface area contributed by atoms with Crippen molar-refractivity contribution in [2.45, 2.75) is 6.92 Å². The lowest BCUT2D eigenvalue weighted by Gasteiger charge is -2.06. The number of pyridine rings is 1. The Bertz CT molecular complexity index is 1220. The Labute approximate surface area is 165 Å². The molecule has 28 heavy (non-hydrogen) atoms. The highest BCUT2D eigenvalue weighted by Crippen LogP contribution is 2.32. The van der Waals surface area contributed by atoms with Crippen LogP contribution in [0.15, 0.2) is 59.1 Å². The number of hydrogen-bond acceptors (Lipinski definition) is 5. The third kappa shape index (κ3) is 3.30. The van der Waals surface area contributed by atoms with Gasteiger partial charge in [-0.1, -0.05) is 48.0 Å². The van der Waals surface area contributed by atoms with Crippen molar-refractivity contribution in [3.05, 3.63) is 71.2 Å². The van der Waals surface area contributed by atoms with Gasteiger partial charge in [0.05, 0.1) is 5.69 Å². The van der Waals surface area contributed by atoms with Crippen molar-refractivity contribution in [2.24, 2.45) is 0 Å². The molecule has 4 rings (SSSR count). The standard InChI is InChI=1S/C21H15ClN2O4/c1-12-14-9-8-13-5-2-3-6-15(13)19(14)28-18(12)21(26)27-11-17(25)24-16-7-4-10-23-20(16)22/h2-10H,11H2,1H3,(H,24,25). The lowest BCUT2D eigenvalue weighted by molar-refractivity contribution is -0.119. The zero-order valence-electron chi connectivity index (χ0n) is 14.9. The molecule has 0 unspecified atom stereocenters. The van der Waals surface area contributed by atoms with E-state index < -0.39 is 18.5 Å². The fourth-order valence-corrected chi connectivity index (χ4v) is 3.17. The predicted molar refractivity (Wildman–Crippen MR) is 107 cm³/mol. The topological polar surface area (TPSA) is 81.4 Å². The zero-order chi connectivity index (χ0) is 19.7. The molecule has 140 valence electrons. The second-order valence-electron chi connectivity index (χ2n) is 6.19. The van der Waals surface area contributed by atoms with Gasteiger partial charge in [-0.15, -0.1) is 0 Å². The van der Waals surface area contributed by atoms with E-state index in [1.165, 1.54) is 6.20 Å². The van der Waals surface area contributed by atoms with Crippen LogP contribution >= 0.6 is 11.6 Å². The molecule has 1 N–H and O–H groups in total. The van der Waals surface area contributed by atoms with E-state index in [9.17, 15) is 9.59 Å². The Morgan fingerprint density at radius 2 is 1.93 bits per heavy atom. The first kappa shape index (κ1) is 18.0. The van der Waals surface area contributed by atoms with E-state index in [-0.39, 0.29) is 10.9 Å². The molecule has 4 aromatic rings.